The zero-order valence-corrected chi connectivity index (χ0v) is 13.0. The van der Waals surface area contributed by atoms with E-state index in [0.29, 0.717) is 12.0 Å². The monoisotopic (exact) mass is 300 g/mol. The number of amides is 1. The molecule has 0 aliphatic carbocycles. The molecule has 1 amide bonds. The second kappa shape index (κ2) is 7.02. The van der Waals surface area contributed by atoms with Gasteiger partial charge in [-0.2, -0.15) is 0 Å². The van der Waals surface area contributed by atoms with Gasteiger partial charge in [0.25, 0.3) is 5.91 Å². The summed E-state index contributed by atoms with van der Waals surface area (Å²) in [6, 6.07) is 8.68. The maximum absolute atomic E-state index is 12.3. The SMILES string of the molecule is COC(=O)[C@@H](CC(C)C)NC(=O)c1cnc2ccccc2c1. The Kier molecular flexibility index (Phi) is 5.09. The van der Waals surface area contributed by atoms with Crippen LogP contribution in [-0.4, -0.2) is 30.0 Å². The molecular weight excluding hydrogens is 280 g/mol. The van der Waals surface area contributed by atoms with Gasteiger partial charge in [-0.05, 0) is 24.5 Å². The number of nitrogens with one attached hydrogen (secondary N) is 1. The Morgan fingerprint density at radius 1 is 1.27 bits per heavy atom. The van der Waals surface area contributed by atoms with Crippen LogP contribution >= 0.6 is 0 Å². The average Bonchev–Trinajstić information content (AvgIpc) is 2.52. The highest BCUT2D eigenvalue weighted by Gasteiger charge is 2.23. The third-order valence-electron chi connectivity index (χ3n) is 3.35. The number of carbonyl (C=O) groups is 2. The summed E-state index contributed by atoms with van der Waals surface area (Å²) in [5.74, 6) is -0.496. The fourth-order valence-corrected chi connectivity index (χ4v) is 2.26. The summed E-state index contributed by atoms with van der Waals surface area (Å²) < 4.78 is 4.75. The van der Waals surface area contributed by atoms with Gasteiger partial charge in [0.05, 0.1) is 18.2 Å². The van der Waals surface area contributed by atoms with Gasteiger partial charge in [-0.25, -0.2) is 4.79 Å². The third kappa shape index (κ3) is 3.81. The lowest BCUT2D eigenvalue weighted by Crippen LogP contribution is -2.42. The van der Waals surface area contributed by atoms with Crippen molar-refractivity contribution in [2.75, 3.05) is 7.11 Å². The van der Waals surface area contributed by atoms with Gasteiger partial charge >= 0.3 is 5.97 Å². The number of pyridine rings is 1. The van der Waals surface area contributed by atoms with Crippen LogP contribution in [0.5, 0.6) is 0 Å². The van der Waals surface area contributed by atoms with Crippen LogP contribution in [0.1, 0.15) is 30.6 Å². The highest BCUT2D eigenvalue weighted by atomic mass is 16.5. The Hall–Kier alpha value is -2.43. The van der Waals surface area contributed by atoms with Crippen LogP contribution in [0.4, 0.5) is 0 Å². The van der Waals surface area contributed by atoms with E-state index in [2.05, 4.69) is 10.3 Å². The Balaban J connectivity index is 2.19. The summed E-state index contributed by atoms with van der Waals surface area (Å²) >= 11 is 0. The Bertz CT molecular complexity index is 682. The molecular formula is C17H20N2O3. The van der Waals surface area contributed by atoms with Crippen molar-refractivity contribution in [3.8, 4) is 0 Å². The van der Waals surface area contributed by atoms with E-state index >= 15 is 0 Å². The van der Waals surface area contributed by atoms with Crippen molar-refractivity contribution >= 4 is 22.8 Å². The zero-order chi connectivity index (χ0) is 16.1. The quantitative estimate of drug-likeness (QED) is 0.862. The zero-order valence-electron chi connectivity index (χ0n) is 13.0. The fraction of sp³-hybridized carbons (Fsp3) is 0.353. The molecule has 0 spiro atoms. The van der Waals surface area contributed by atoms with Crippen LogP contribution < -0.4 is 5.32 Å². The van der Waals surface area contributed by atoms with E-state index < -0.39 is 12.0 Å². The molecule has 0 saturated heterocycles. The highest BCUT2D eigenvalue weighted by molar-refractivity contribution is 5.99. The molecule has 1 aromatic heterocycles. The van der Waals surface area contributed by atoms with Gasteiger partial charge < -0.3 is 10.1 Å². The molecule has 0 unspecified atom stereocenters. The number of fused-ring (bicyclic) bond motifs is 1. The Morgan fingerprint density at radius 2 is 2.00 bits per heavy atom. The molecule has 1 N–H and O–H groups in total. The standard InChI is InChI=1S/C17H20N2O3/c1-11(2)8-15(17(21)22-3)19-16(20)13-9-12-6-4-5-7-14(12)18-10-13/h4-7,9-11,15H,8H2,1-3H3,(H,19,20)/t15-/m1/s1. The van der Waals surface area contributed by atoms with Crippen LogP contribution in [-0.2, 0) is 9.53 Å². The largest absolute Gasteiger partial charge is 0.467 e. The summed E-state index contributed by atoms with van der Waals surface area (Å²) in [5, 5.41) is 3.61. The first-order valence-corrected chi connectivity index (χ1v) is 7.24. The molecule has 5 nitrogen and oxygen atoms in total. The van der Waals surface area contributed by atoms with Crippen LogP contribution in [0.25, 0.3) is 10.9 Å². The lowest BCUT2D eigenvalue weighted by molar-refractivity contribution is -0.143. The van der Waals surface area contributed by atoms with E-state index in [-0.39, 0.29) is 11.8 Å². The smallest absolute Gasteiger partial charge is 0.328 e. The minimum Gasteiger partial charge on any atom is -0.467 e. The summed E-state index contributed by atoms with van der Waals surface area (Å²) in [6.45, 7) is 3.97. The second-order valence-corrected chi connectivity index (χ2v) is 5.60. The van der Waals surface area contributed by atoms with Crippen LogP contribution in [0, 0.1) is 5.92 Å². The predicted octanol–water partition coefficient (Wildman–Crippen LogP) is 2.55. The first-order chi connectivity index (χ1) is 10.5. The summed E-state index contributed by atoms with van der Waals surface area (Å²) in [4.78, 5) is 28.4. The normalized spacial score (nSPS) is 12.2. The van der Waals surface area contributed by atoms with E-state index in [1.165, 1.54) is 13.3 Å². The molecule has 2 aromatic rings. The van der Waals surface area contributed by atoms with Crippen molar-refractivity contribution in [1.82, 2.24) is 10.3 Å². The predicted molar refractivity (Wildman–Crippen MR) is 84.5 cm³/mol. The molecule has 116 valence electrons. The molecule has 1 aromatic carbocycles. The number of hydrogen-bond acceptors (Lipinski definition) is 4. The molecule has 0 aliphatic heterocycles. The molecule has 1 heterocycles. The summed E-state index contributed by atoms with van der Waals surface area (Å²) in [6.07, 6.45) is 2.04. The summed E-state index contributed by atoms with van der Waals surface area (Å²) in [5.41, 5.74) is 1.25. The third-order valence-corrected chi connectivity index (χ3v) is 3.35. The van der Waals surface area contributed by atoms with E-state index in [1.54, 1.807) is 6.07 Å². The number of benzene rings is 1. The van der Waals surface area contributed by atoms with E-state index in [1.807, 2.05) is 38.1 Å². The van der Waals surface area contributed by atoms with Gasteiger partial charge in [-0.3, -0.25) is 9.78 Å². The van der Waals surface area contributed by atoms with Crippen LogP contribution in [0.2, 0.25) is 0 Å². The van der Waals surface area contributed by atoms with Crippen molar-refractivity contribution in [2.45, 2.75) is 26.3 Å². The molecule has 1 atom stereocenters. The van der Waals surface area contributed by atoms with E-state index in [0.717, 1.165) is 10.9 Å². The van der Waals surface area contributed by atoms with Gasteiger partial charge in [0, 0.05) is 11.6 Å². The number of rotatable bonds is 5. The number of nitrogens with zero attached hydrogens (tertiary/aromatic N) is 1. The van der Waals surface area contributed by atoms with E-state index in [9.17, 15) is 9.59 Å². The minimum absolute atomic E-state index is 0.263. The molecule has 0 radical (unpaired) electrons. The van der Waals surface area contributed by atoms with Gasteiger partial charge in [-0.15, -0.1) is 0 Å². The number of aromatic nitrogens is 1. The lowest BCUT2D eigenvalue weighted by atomic mass is 10.0. The van der Waals surface area contributed by atoms with Crippen molar-refractivity contribution in [1.29, 1.82) is 0 Å². The Labute approximate surface area is 129 Å². The maximum atomic E-state index is 12.3. The average molecular weight is 300 g/mol. The van der Waals surface area contributed by atoms with Gasteiger partial charge in [0.1, 0.15) is 6.04 Å². The molecule has 0 fully saturated rings. The van der Waals surface area contributed by atoms with Crippen molar-refractivity contribution in [3.63, 3.8) is 0 Å². The lowest BCUT2D eigenvalue weighted by Gasteiger charge is -2.18. The number of hydrogen-bond donors (Lipinski definition) is 1. The molecule has 0 bridgehead atoms. The van der Waals surface area contributed by atoms with Crippen molar-refractivity contribution in [3.05, 3.63) is 42.1 Å². The highest BCUT2D eigenvalue weighted by Crippen LogP contribution is 2.13. The minimum atomic E-state index is -0.649. The molecule has 0 saturated carbocycles. The van der Waals surface area contributed by atoms with Crippen LogP contribution in [0.15, 0.2) is 36.5 Å². The first kappa shape index (κ1) is 15.9. The molecule has 2 rings (SSSR count). The molecule has 5 heteroatoms. The van der Waals surface area contributed by atoms with Crippen molar-refractivity contribution < 1.29 is 14.3 Å². The number of ether oxygens (including phenoxy) is 1. The number of esters is 1. The number of para-hydroxylation sites is 1. The van der Waals surface area contributed by atoms with Gasteiger partial charge in [-0.1, -0.05) is 32.0 Å². The summed E-state index contributed by atoms with van der Waals surface area (Å²) in [7, 11) is 1.32. The molecule has 0 aliphatic rings. The first-order valence-electron chi connectivity index (χ1n) is 7.24. The van der Waals surface area contributed by atoms with Crippen molar-refractivity contribution in [2.24, 2.45) is 5.92 Å². The molecule has 22 heavy (non-hydrogen) atoms. The number of methoxy groups -OCH3 is 1. The second-order valence-electron chi connectivity index (χ2n) is 5.60. The Morgan fingerprint density at radius 3 is 2.68 bits per heavy atom. The number of carbonyl (C=O) groups excluding carboxylic acids is 2. The van der Waals surface area contributed by atoms with Crippen LogP contribution in [0.3, 0.4) is 0 Å². The van der Waals surface area contributed by atoms with Gasteiger partial charge in [0.2, 0.25) is 0 Å². The maximum Gasteiger partial charge on any atom is 0.328 e. The fourth-order valence-electron chi connectivity index (χ4n) is 2.26. The van der Waals surface area contributed by atoms with Gasteiger partial charge in [0.15, 0.2) is 0 Å². The van der Waals surface area contributed by atoms with E-state index in [4.69, 9.17) is 4.74 Å². The topological polar surface area (TPSA) is 68.3 Å².